The summed E-state index contributed by atoms with van der Waals surface area (Å²) in [7, 11) is 1.63. The lowest BCUT2D eigenvalue weighted by atomic mass is 9.95. The Hall–Kier alpha value is -3.86. The molecule has 0 spiro atoms. The molecule has 5 heteroatoms. The largest absolute Gasteiger partial charge is 0.496 e. The van der Waals surface area contributed by atoms with Crippen LogP contribution in [-0.4, -0.2) is 18.0 Å². The summed E-state index contributed by atoms with van der Waals surface area (Å²) in [5, 5.41) is 3.40. The van der Waals surface area contributed by atoms with Gasteiger partial charge in [-0.3, -0.25) is 9.59 Å². The first kappa shape index (κ1) is 20.4. The molecule has 0 radical (unpaired) electrons. The summed E-state index contributed by atoms with van der Waals surface area (Å²) in [6.07, 6.45) is 1.46. The van der Waals surface area contributed by atoms with Gasteiger partial charge in [0.05, 0.1) is 7.11 Å². The number of aromatic amines is 1. The predicted octanol–water partition coefficient (Wildman–Crippen LogP) is 5.58. The molecule has 4 rings (SSSR count). The van der Waals surface area contributed by atoms with Crippen LogP contribution in [0, 0.1) is 0 Å². The number of carbonyl (C=O) groups is 1. The molecule has 2 N–H and O–H groups in total. The topological polar surface area (TPSA) is 71.2 Å². The maximum atomic E-state index is 13.0. The molecule has 0 fully saturated rings. The number of hydrogen-bond donors (Lipinski definition) is 2. The van der Waals surface area contributed by atoms with Gasteiger partial charge in [0.2, 0.25) is 5.43 Å². The lowest BCUT2D eigenvalue weighted by molar-refractivity contribution is 0.102. The van der Waals surface area contributed by atoms with Gasteiger partial charge >= 0.3 is 0 Å². The van der Waals surface area contributed by atoms with Crippen LogP contribution in [0.2, 0.25) is 0 Å². The highest BCUT2D eigenvalue weighted by Gasteiger charge is 2.17. The monoisotopic (exact) mass is 412 g/mol. The molecule has 1 heterocycles. The van der Waals surface area contributed by atoms with Crippen molar-refractivity contribution in [2.45, 2.75) is 19.8 Å². The summed E-state index contributed by atoms with van der Waals surface area (Å²) in [5.41, 5.74) is 3.95. The van der Waals surface area contributed by atoms with E-state index >= 15 is 0 Å². The zero-order valence-corrected chi connectivity index (χ0v) is 17.7. The van der Waals surface area contributed by atoms with Gasteiger partial charge < -0.3 is 15.0 Å². The van der Waals surface area contributed by atoms with Crippen LogP contribution in [0.15, 0.2) is 77.7 Å². The van der Waals surface area contributed by atoms with E-state index in [9.17, 15) is 9.59 Å². The zero-order chi connectivity index (χ0) is 22.0. The maximum Gasteiger partial charge on any atom is 0.261 e. The van der Waals surface area contributed by atoms with Crippen molar-refractivity contribution in [2.75, 3.05) is 12.4 Å². The van der Waals surface area contributed by atoms with E-state index in [2.05, 4.69) is 30.2 Å². The number of nitrogens with one attached hydrogen (secondary N) is 2. The van der Waals surface area contributed by atoms with Crippen molar-refractivity contribution >= 4 is 22.5 Å². The second kappa shape index (κ2) is 8.48. The molecule has 0 saturated heterocycles. The average Bonchev–Trinajstić information content (AvgIpc) is 2.79. The first-order chi connectivity index (χ1) is 15.0. The van der Waals surface area contributed by atoms with Gasteiger partial charge in [0.1, 0.15) is 11.3 Å². The van der Waals surface area contributed by atoms with Gasteiger partial charge in [-0.05, 0) is 41.8 Å². The Kier molecular flexibility index (Phi) is 5.58. The second-order valence-electron chi connectivity index (χ2n) is 7.69. The summed E-state index contributed by atoms with van der Waals surface area (Å²) in [5.74, 6) is 0.607. The van der Waals surface area contributed by atoms with Gasteiger partial charge in [-0.2, -0.15) is 0 Å². The molecule has 0 bridgehead atoms. The highest BCUT2D eigenvalue weighted by molar-refractivity contribution is 6.07. The first-order valence-corrected chi connectivity index (χ1v) is 10.2. The minimum Gasteiger partial charge on any atom is -0.496 e. The van der Waals surface area contributed by atoms with E-state index in [1.165, 1.54) is 11.8 Å². The standard InChI is InChI=1S/C26H24N2O3/c1-16(2)17-12-13-24(31-3)20(14-17)18-8-4-7-11-23(18)28-26(30)21-15-27-22-10-6-5-9-19(22)25(21)29/h4-16H,1-3H3,(H,27,29)(H,28,30). The third-order valence-corrected chi connectivity index (χ3v) is 5.39. The van der Waals surface area contributed by atoms with Crippen LogP contribution in [-0.2, 0) is 0 Å². The summed E-state index contributed by atoms with van der Waals surface area (Å²) in [6.45, 7) is 4.26. The Morgan fingerprint density at radius 3 is 2.48 bits per heavy atom. The fourth-order valence-corrected chi connectivity index (χ4v) is 3.65. The van der Waals surface area contributed by atoms with Gasteiger partial charge in [0.25, 0.3) is 5.91 Å². The molecule has 0 saturated carbocycles. The Morgan fingerprint density at radius 2 is 1.71 bits per heavy atom. The van der Waals surface area contributed by atoms with Gasteiger partial charge in [0.15, 0.2) is 0 Å². The van der Waals surface area contributed by atoms with Crippen LogP contribution < -0.4 is 15.5 Å². The Bertz CT molecular complexity index is 1320. The fraction of sp³-hybridized carbons (Fsp3) is 0.154. The maximum absolute atomic E-state index is 13.0. The van der Waals surface area contributed by atoms with E-state index in [0.717, 1.165) is 16.9 Å². The SMILES string of the molecule is COc1ccc(C(C)C)cc1-c1ccccc1NC(=O)c1c[nH]c2ccccc2c1=O. The predicted molar refractivity (Wildman–Crippen MR) is 125 cm³/mol. The summed E-state index contributed by atoms with van der Waals surface area (Å²) >= 11 is 0. The number of para-hydroxylation sites is 2. The van der Waals surface area contributed by atoms with E-state index in [0.29, 0.717) is 22.5 Å². The van der Waals surface area contributed by atoms with Crippen LogP contribution >= 0.6 is 0 Å². The number of ether oxygens (including phenoxy) is 1. The number of H-pyrrole nitrogens is 1. The molecule has 0 aliphatic rings. The molecule has 1 aromatic heterocycles. The van der Waals surface area contributed by atoms with E-state index in [-0.39, 0.29) is 11.0 Å². The third kappa shape index (κ3) is 3.94. The Morgan fingerprint density at radius 1 is 0.968 bits per heavy atom. The number of amides is 1. The number of aromatic nitrogens is 1. The minimum absolute atomic E-state index is 0.0661. The lowest BCUT2D eigenvalue weighted by Gasteiger charge is -2.16. The van der Waals surface area contributed by atoms with Crippen LogP contribution in [0.4, 0.5) is 5.69 Å². The normalized spacial score (nSPS) is 11.0. The molecule has 0 aliphatic carbocycles. The van der Waals surface area contributed by atoms with Crippen LogP contribution in [0.1, 0.15) is 35.7 Å². The Balaban J connectivity index is 1.76. The van der Waals surface area contributed by atoms with Crippen LogP contribution in [0.3, 0.4) is 0 Å². The zero-order valence-electron chi connectivity index (χ0n) is 17.7. The average molecular weight is 412 g/mol. The number of fused-ring (bicyclic) bond motifs is 1. The quantitative estimate of drug-likeness (QED) is 0.449. The summed E-state index contributed by atoms with van der Waals surface area (Å²) < 4.78 is 5.58. The minimum atomic E-state index is -0.460. The van der Waals surface area contributed by atoms with Crippen molar-refractivity contribution in [2.24, 2.45) is 0 Å². The van der Waals surface area contributed by atoms with E-state index in [4.69, 9.17) is 4.74 Å². The molecule has 31 heavy (non-hydrogen) atoms. The number of benzene rings is 3. The molecule has 0 atom stereocenters. The Labute approximate surface area is 180 Å². The number of anilines is 1. The van der Waals surface area contributed by atoms with Gasteiger partial charge in [0, 0.05) is 33.9 Å². The number of carbonyl (C=O) groups excluding carboxylic acids is 1. The molecular formula is C26H24N2O3. The van der Waals surface area contributed by atoms with Crippen molar-refractivity contribution in [1.29, 1.82) is 0 Å². The summed E-state index contributed by atoms with van der Waals surface area (Å²) in [6, 6.07) is 20.7. The van der Waals surface area contributed by atoms with Crippen molar-refractivity contribution < 1.29 is 9.53 Å². The van der Waals surface area contributed by atoms with E-state index in [1.54, 1.807) is 19.2 Å². The molecule has 0 aliphatic heterocycles. The van der Waals surface area contributed by atoms with Gasteiger partial charge in [-0.15, -0.1) is 0 Å². The van der Waals surface area contributed by atoms with Gasteiger partial charge in [-0.1, -0.05) is 50.2 Å². The highest BCUT2D eigenvalue weighted by Crippen LogP contribution is 2.37. The molecule has 1 amide bonds. The molecule has 5 nitrogen and oxygen atoms in total. The molecule has 3 aromatic carbocycles. The second-order valence-corrected chi connectivity index (χ2v) is 7.69. The lowest BCUT2D eigenvalue weighted by Crippen LogP contribution is -2.22. The molecule has 0 unspecified atom stereocenters. The van der Waals surface area contributed by atoms with Crippen molar-refractivity contribution in [3.8, 4) is 16.9 Å². The van der Waals surface area contributed by atoms with Crippen molar-refractivity contribution in [3.05, 3.63) is 94.3 Å². The number of rotatable bonds is 5. The third-order valence-electron chi connectivity index (χ3n) is 5.39. The van der Waals surface area contributed by atoms with Crippen LogP contribution in [0.5, 0.6) is 5.75 Å². The number of hydrogen-bond acceptors (Lipinski definition) is 3. The number of methoxy groups -OCH3 is 1. The molecule has 4 aromatic rings. The first-order valence-electron chi connectivity index (χ1n) is 10.2. The summed E-state index contributed by atoms with van der Waals surface area (Å²) in [4.78, 5) is 28.9. The van der Waals surface area contributed by atoms with E-state index < -0.39 is 5.91 Å². The fourth-order valence-electron chi connectivity index (χ4n) is 3.65. The smallest absolute Gasteiger partial charge is 0.261 e. The number of pyridine rings is 1. The molecule has 156 valence electrons. The molecular weight excluding hydrogens is 388 g/mol. The van der Waals surface area contributed by atoms with Crippen LogP contribution in [0.25, 0.3) is 22.0 Å². The van der Waals surface area contributed by atoms with E-state index in [1.807, 2.05) is 48.5 Å². The van der Waals surface area contributed by atoms with Gasteiger partial charge in [-0.25, -0.2) is 0 Å². The van der Waals surface area contributed by atoms with Crippen molar-refractivity contribution in [3.63, 3.8) is 0 Å². The van der Waals surface area contributed by atoms with Crippen molar-refractivity contribution in [1.82, 2.24) is 4.98 Å². The highest BCUT2D eigenvalue weighted by atomic mass is 16.5.